The van der Waals surface area contributed by atoms with Crippen LogP contribution in [0.5, 0.6) is 0 Å². The van der Waals surface area contributed by atoms with Crippen molar-refractivity contribution in [1.29, 1.82) is 0 Å². The van der Waals surface area contributed by atoms with Crippen LogP contribution in [0.15, 0.2) is 24.3 Å². The molecule has 0 aliphatic carbocycles. The fourth-order valence-electron chi connectivity index (χ4n) is 2.66. The SMILES string of the molecule is CC(C)(C)OC(=O)N[C@H]1CCCCN(Cc2ccc(F)cc2)C1=O. The molecule has 0 unspecified atom stereocenters. The first-order valence-electron chi connectivity index (χ1n) is 8.27. The molecule has 1 fully saturated rings. The lowest BCUT2D eigenvalue weighted by molar-refractivity contribution is -0.133. The van der Waals surface area contributed by atoms with Gasteiger partial charge in [0.25, 0.3) is 0 Å². The molecule has 0 aromatic heterocycles. The quantitative estimate of drug-likeness (QED) is 0.922. The second kappa shape index (κ2) is 7.64. The molecule has 2 amide bonds. The third-order valence-corrected chi connectivity index (χ3v) is 3.76. The van der Waals surface area contributed by atoms with Crippen LogP contribution in [0, 0.1) is 5.82 Å². The Balaban J connectivity index is 2.01. The lowest BCUT2D eigenvalue weighted by Gasteiger charge is -2.26. The number of amides is 2. The van der Waals surface area contributed by atoms with E-state index in [1.54, 1.807) is 37.8 Å². The number of alkyl carbamates (subject to hydrolysis) is 1. The Morgan fingerprint density at radius 2 is 1.96 bits per heavy atom. The molecule has 0 bridgehead atoms. The molecule has 1 heterocycles. The molecule has 1 saturated heterocycles. The summed E-state index contributed by atoms with van der Waals surface area (Å²) in [5, 5.41) is 2.68. The highest BCUT2D eigenvalue weighted by molar-refractivity contribution is 5.86. The van der Waals surface area contributed by atoms with Crippen LogP contribution in [0.25, 0.3) is 0 Å². The summed E-state index contributed by atoms with van der Waals surface area (Å²) in [6.45, 7) is 6.38. The van der Waals surface area contributed by atoms with Gasteiger partial charge in [-0.25, -0.2) is 9.18 Å². The molecule has 5 nitrogen and oxygen atoms in total. The van der Waals surface area contributed by atoms with E-state index in [-0.39, 0.29) is 11.7 Å². The Bertz CT molecular complexity index is 581. The highest BCUT2D eigenvalue weighted by Gasteiger charge is 2.29. The Morgan fingerprint density at radius 3 is 2.58 bits per heavy atom. The van der Waals surface area contributed by atoms with Crippen LogP contribution in [0.4, 0.5) is 9.18 Å². The molecule has 24 heavy (non-hydrogen) atoms. The average Bonchev–Trinajstić information content (AvgIpc) is 2.63. The predicted molar refractivity (Wildman–Crippen MR) is 88.8 cm³/mol. The number of nitrogens with zero attached hydrogens (tertiary/aromatic N) is 1. The minimum atomic E-state index is -0.605. The molecule has 1 atom stereocenters. The number of halogens is 1. The Morgan fingerprint density at radius 1 is 1.29 bits per heavy atom. The number of rotatable bonds is 3. The van der Waals surface area contributed by atoms with Crippen LogP contribution in [0.1, 0.15) is 45.6 Å². The molecular formula is C18H25FN2O3. The summed E-state index contributed by atoms with van der Waals surface area (Å²) >= 11 is 0. The predicted octanol–water partition coefficient (Wildman–Crippen LogP) is 3.23. The second-order valence-corrected chi connectivity index (χ2v) is 7.08. The number of hydrogen-bond acceptors (Lipinski definition) is 3. The number of ether oxygens (including phenoxy) is 1. The van der Waals surface area contributed by atoms with Crippen LogP contribution in [0.2, 0.25) is 0 Å². The first-order valence-corrected chi connectivity index (χ1v) is 8.27. The van der Waals surface area contributed by atoms with E-state index in [0.29, 0.717) is 19.5 Å². The van der Waals surface area contributed by atoms with Crippen LogP contribution < -0.4 is 5.32 Å². The third kappa shape index (κ3) is 5.51. The molecule has 1 aliphatic rings. The van der Waals surface area contributed by atoms with Crippen molar-refractivity contribution in [2.24, 2.45) is 0 Å². The summed E-state index contributed by atoms with van der Waals surface area (Å²) in [5.74, 6) is -0.423. The van der Waals surface area contributed by atoms with Gasteiger partial charge in [-0.05, 0) is 57.7 Å². The maximum absolute atomic E-state index is 13.0. The van der Waals surface area contributed by atoms with Gasteiger partial charge in [0, 0.05) is 13.1 Å². The van der Waals surface area contributed by atoms with E-state index in [1.807, 2.05) is 0 Å². The van der Waals surface area contributed by atoms with Crippen molar-refractivity contribution in [1.82, 2.24) is 10.2 Å². The largest absolute Gasteiger partial charge is 0.444 e. The van der Waals surface area contributed by atoms with Crippen molar-refractivity contribution < 1.29 is 18.7 Å². The normalized spacial score (nSPS) is 18.9. The number of carbonyl (C=O) groups excluding carboxylic acids is 2. The van der Waals surface area contributed by atoms with Gasteiger partial charge >= 0.3 is 6.09 Å². The van der Waals surface area contributed by atoms with E-state index in [0.717, 1.165) is 18.4 Å². The molecule has 1 aromatic carbocycles. The van der Waals surface area contributed by atoms with Gasteiger partial charge in [-0.3, -0.25) is 4.79 Å². The molecule has 0 spiro atoms. The summed E-state index contributed by atoms with van der Waals surface area (Å²) in [6.07, 6.45) is 1.74. The first-order chi connectivity index (χ1) is 11.2. The van der Waals surface area contributed by atoms with Crippen LogP contribution in [-0.2, 0) is 16.1 Å². The molecule has 132 valence electrons. The van der Waals surface area contributed by atoms with Crippen molar-refractivity contribution in [2.45, 2.75) is 58.2 Å². The highest BCUT2D eigenvalue weighted by atomic mass is 19.1. The first kappa shape index (κ1) is 18.2. The van der Waals surface area contributed by atoms with E-state index in [4.69, 9.17) is 4.74 Å². The van der Waals surface area contributed by atoms with E-state index < -0.39 is 17.7 Å². The van der Waals surface area contributed by atoms with Gasteiger partial charge in [0.2, 0.25) is 5.91 Å². The standard InChI is InChI=1S/C18H25FN2O3/c1-18(2,3)24-17(23)20-15-6-4-5-11-21(16(15)22)12-13-7-9-14(19)10-8-13/h7-10,15H,4-6,11-12H2,1-3H3,(H,20,23)/t15-/m0/s1. The fourth-order valence-corrected chi connectivity index (χ4v) is 2.66. The van der Waals surface area contributed by atoms with Gasteiger partial charge in [-0.15, -0.1) is 0 Å². The minimum absolute atomic E-state index is 0.123. The summed E-state index contributed by atoms with van der Waals surface area (Å²) in [7, 11) is 0. The lowest BCUT2D eigenvalue weighted by Crippen LogP contribution is -2.48. The zero-order valence-corrected chi connectivity index (χ0v) is 14.5. The average molecular weight is 336 g/mol. The Kier molecular flexibility index (Phi) is 5.80. The van der Waals surface area contributed by atoms with E-state index in [1.165, 1.54) is 12.1 Å². The van der Waals surface area contributed by atoms with Gasteiger partial charge in [0.15, 0.2) is 0 Å². The smallest absolute Gasteiger partial charge is 0.408 e. The zero-order chi connectivity index (χ0) is 17.7. The molecule has 1 aliphatic heterocycles. The van der Waals surface area contributed by atoms with Crippen molar-refractivity contribution in [3.63, 3.8) is 0 Å². The van der Waals surface area contributed by atoms with E-state index in [9.17, 15) is 14.0 Å². The maximum Gasteiger partial charge on any atom is 0.408 e. The van der Waals surface area contributed by atoms with Crippen LogP contribution in [0.3, 0.4) is 0 Å². The van der Waals surface area contributed by atoms with Gasteiger partial charge in [-0.1, -0.05) is 12.1 Å². The zero-order valence-electron chi connectivity index (χ0n) is 14.5. The van der Waals surface area contributed by atoms with Crippen LogP contribution in [-0.4, -0.2) is 35.1 Å². The molecular weight excluding hydrogens is 311 g/mol. The van der Waals surface area contributed by atoms with Crippen molar-refractivity contribution >= 4 is 12.0 Å². The summed E-state index contributed by atoms with van der Waals surface area (Å²) in [4.78, 5) is 26.4. The Hall–Kier alpha value is -2.11. The third-order valence-electron chi connectivity index (χ3n) is 3.76. The number of carbonyl (C=O) groups is 2. The van der Waals surface area contributed by atoms with Crippen molar-refractivity contribution in [2.75, 3.05) is 6.54 Å². The van der Waals surface area contributed by atoms with Crippen LogP contribution >= 0.6 is 0 Å². The van der Waals surface area contributed by atoms with Gasteiger partial charge in [-0.2, -0.15) is 0 Å². The van der Waals surface area contributed by atoms with Crippen molar-refractivity contribution in [3.8, 4) is 0 Å². The van der Waals surface area contributed by atoms with Crippen molar-refractivity contribution in [3.05, 3.63) is 35.6 Å². The van der Waals surface area contributed by atoms with Gasteiger partial charge in [0.1, 0.15) is 17.5 Å². The molecule has 2 rings (SSSR count). The number of hydrogen-bond donors (Lipinski definition) is 1. The van der Waals surface area contributed by atoms with E-state index >= 15 is 0 Å². The molecule has 1 N–H and O–H groups in total. The highest BCUT2D eigenvalue weighted by Crippen LogP contribution is 2.16. The molecule has 0 radical (unpaired) electrons. The van der Waals surface area contributed by atoms with Gasteiger partial charge < -0.3 is 15.0 Å². The Labute approximate surface area is 142 Å². The monoisotopic (exact) mass is 336 g/mol. The second-order valence-electron chi connectivity index (χ2n) is 7.08. The number of likely N-dealkylation sites (tertiary alicyclic amines) is 1. The minimum Gasteiger partial charge on any atom is -0.444 e. The molecule has 0 saturated carbocycles. The topological polar surface area (TPSA) is 58.6 Å². The van der Waals surface area contributed by atoms with Gasteiger partial charge in [0.05, 0.1) is 0 Å². The summed E-state index contributed by atoms with van der Waals surface area (Å²) in [5.41, 5.74) is 0.258. The number of nitrogens with one attached hydrogen (secondary N) is 1. The summed E-state index contributed by atoms with van der Waals surface area (Å²) < 4.78 is 18.2. The number of benzene rings is 1. The van der Waals surface area contributed by atoms with E-state index in [2.05, 4.69) is 5.32 Å². The molecule has 6 heteroatoms. The lowest BCUT2D eigenvalue weighted by atomic mass is 10.1. The maximum atomic E-state index is 13.0. The fraction of sp³-hybridized carbons (Fsp3) is 0.556. The molecule has 1 aromatic rings. The summed E-state index contributed by atoms with van der Waals surface area (Å²) in [6, 6.07) is 5.53.